The van der Waals surface area contributed by atoms with Crippen LogP contribution >= 0.6 is 27.7 Å². The summed E-state index contributed by atoms with van der Waals surface area (Å²) in [6.45, 7) is 0. The third-order valence-electron chi connectivity index (χ3n) is 2.30. The van der Waals surface area contributed by atoms with E-state index in [2.05, 4.69) is 15.9 Å². The van der Waals surface area contributed by atoms with E-state index in [1.54, 1.807) is 30.2 Å². The van der Waals surface area contributed by atoms with E-state index in [4.69, 9.17) is 4.42 Å². The minimum Gasteiger partial charge on any atom is -0.468 e. The predicted molar refractivity (Wildman–Crippen MR) is 74.5 cm³/mol. The van der Waals surface area contributed by atoms with Crippen LogP contribution in [0.25, 0.3) is 0 Å². The van der Waals surface area contributed by atoms with E-state index in [-0.39, 0.29) is 10.6 Å². The first-order valence-electron chi connectivity index (χ1n) is 5.20. The van der Waals surface area contributed by atoms with Crippen molar-refractivity contribution < 1.29 is 9.34 Å². The van der Waals surface area contributed by atoms with E-state index in [1.165, 1.54) is 0 Å². The van der Waals surface area contributed by atoms with Crippen LogP contribution in [0.5, 0.6) is 0 Å². The highest BCUT2D eigenvalue weighted by Crippen LogP contribution is 2.28. The van der Waals surface area contributed by atoms with Crippen molar-refractivity contribution in [3.8, 4) is 0 Å². The molecule has 1 aromatic carbocycles. The molecule has 2 rings (SSSR count). The molecular weight excluding hydrogens is 318 g/mol. The largest absolute Gasteiger partial charge is 0.468 e. The van der Waals surface area contributed by atoms with Gasteiger partial charge in [-0.2, -0.15) is 0 Å². The molecule has 0 saturated heterocycles. The lowest BCUT2D eigenvalue weighted by atomic mass is 10.2. The summed E-state index contributed by atoms with van der Waals surface area (Å²) in [7, 11) is 0. The molecule has 1 heterocycles. The van der Waals surface area contributed by atoms with Gasteiger partial charge in [0.1, 0.15) is 5.76 Å². The molecule has 0 aliphatic rings. The number of hydrogen-bond acceptors (Lipinski definition) is 4. The number of halogens is 1. The van der Waals surface area contributed by atoms with Gasteiger partial charge in [0.25, 0.3) is 5.69 Å². The summed E-state index contributed by atoms with van der Waals surface area (Å²) in [4.78, 5) is 10.4. The van der Waals surface area contributed by atoms with E-state index in [0.717, 1.165) is 22.8 Å². The van der Waals surface area contributed by atoms with Crippen molar-refractivity contribution >= 4 is 33.4 Å². The zero-order valence-electron chi connectivity index (χ0n) is 9.34. The molecule has 6 heteroatoms. The molecule has 0 aliphatic heterocycles. The number of nitro benzene ring substituents is 1. The highest BCUT2D eigenvalue weighted by atomic mass is 79.9. The van der Waals surface area contributed by atoms with E-state index in [0.29, 0.717) is 4.47 Å². The first-order valence-corrected chi connectivity index (χ1v) is 7.14. The Labute approximate surface area is 117 Å². The third kappa shape index (κ3) is 3.36. The molecule has 0 N–H and O–H groups in total. The van der Waals surface area contributed by atoms with Gasteiger partial charge < -0.3 is 4.42 Å². The molecule has 4 nitrogen and oxygen atoms in total. The second-order valence-corrected chi connectivity index (χ2v) is 5.45. The molecule has 0 unspecified atom stereocenters. The van der Waals surface area contributed by atoms with E-state index >= 15 is 0 Å². The Morgan fingerprint density at radius 1 is 1.33 bits per heavy atom. The van der Waals surface area contributed by atoms with E-state index < -0.39 is 0 Å². The quantitative estimate of drug-likeness (QED) is 0.603. The standard InChI is InChI=1S/C12H10BrNO3S/c13-11-4-3-9(6-12(11)14(15)16)7-18-8-10-2-1-5-17-10/h1-6H,7-8H2. The van der Waals surface area contributed by atoms with Gasteiger partial charge in [-0.25, -0.2) is 0 Å². The summed E-state index contributed by atoms with van der Waals surface area (Å²) >= 11 is 4.83. The normalized spacial score (nSPS) is 10.5. The minimum absolute atomic E-state index is 0.103. The summed E-state index contributed by atoms with van der Waals surface area (Å²) in [5, 5.41) is 10.8. The lowest BCUT2D eigenvalue weighted by Gasteiger charge is -2.02. The van der Waals surface area contributed by atoms with Gasteiger partial charge in [-0.3, -0.25) is 10.1 Å². The van der Waals surface area contributed by atoms with Gasteiger partial charge in [0.2, 0.25) is 0 Å². The first kappa shape index (κ1) is 13.2. The van der Waals surface area contributed by atoms with E-state index in [1.807, 2.05) is 18.2 Å². The Kier molecular flexibility index (Phi) is 4.43. The fourth-order valence-electron chi connectivity index (χ4n) is 1.45. The monoisotopic (exact) mass is 327 g/mol. The van der Waals surface area contributed by atoms with Gasteiger partial charge >= 0.3 is 0 Å². The van der Waals surface area contributed by atoms with Gasteiger partial charge in [-0.15, -0.1) is 11.8 Å². The molecule has 94 valence electrons. The molecule has 0 radical (unpaired) electrons. The molecule has 0 aliphatic carbocycles. The van der Waals surface area contributed by atoms with Crippen molar-refractivity contribution in [3.05, 3.63) is 62.5 Å². The number of thioether (sulfide) groups is 1. The minimum atomic E-state index is -0.384. The average Bonchev–Trinajstić information content (AvgIpc) is 2.84. The van der Waals surface area contributed by atoms with Crippen molar-refractivity contribution in [2.24, 2.45) is 0 Å². The van der Waals surface area contributed by atoms with Crippen LogP contribution in [0.2, 0.25) is 0 Å². The lowest BCUT2D eigenvalue weighted by Crippen LogP contribution is -1.91. The smallest absolute Gasteiger partial charge is 0.283 e. The first-order chi connectivity index (χ1) is 8.66. The maximum absolute atomic E-state index is 10.8. The van der Waals surface area contributed by atoms with Crippen LogP contribution < -0.4 is 0 Å². The predicted octanol–water partition coefficient (Wildman–Crippen LogP) is 4.38. The van der Waals surface area contributed by atoms with Crippen LogP contribution in [0, 0.1) is 10.1 Å². The van der Waals surface area contributed by atoms with Crippen molar-refractivity contribution in [3.63, 3.8) is 0 Å². The Morgan fingerprint density at radius 3 is 2.83 bits per heavy atom. The van der Waals surface area contributed by atoms with Gasteiger partial charge in [-0.05, 0) is 39.7 Å². The fourth-order valence-corrected chi connectivity index (χ4v) is 2.73. The number of hydrogen-bond donors (Lipinski definition) is 0. The van der Waals surface area contributed by atoms with Gasteiger partial charge in [0.15, 0.2) is 0 Å². The Morgan fingerprint density at radius 2 is 2.17 bits per heavy atom. The molecule has 0 amide bonds. The second kappa shape index (κ2) is 6.06. The molecular formula is C12H10BrNO3S. The van der Waals surface area contributed by atoms with Crippen molar-refractivity contribution in [1.82, 2.24) is 0 Å². The van der Waals surface area contributed by atoms with Gasteiger partial charge in [-0.1, -0.05) is 6.07 Å². The maximum atomic E-state index is 10.8. The molecule has 0 spiro atoms. The number of benzene rings is 1. The lowest BCUT2D eigenvalue weighted by molar-refractivity contribution is -0.385. The summed E-state index contributed by atoms with van der Waals surface area (Å²) < 4.78 is 5.72. The van der Waals surface area contributed by atoms with Crippen LogP contribution in [-0.2, 0) is 11.5 Å². The topological polar surface area (TPSA) is 56.3 Å². The van der Waals surface area contributed by atoms with Crippen molar-refractivity contribution in [2.75, 3.05) is 0 Å². The van der Waals surface area contributed by atoms with E-state index in [9.17, 15) is 10.1 Å². The number of nitro groups is 1. The summed E-state index contributed by atoms with van der Waals surface area (Å²) in [6.07, 6.45) is 1.64. The van der Waals surface area contributed by atoms with Crippen LogP contribution in [0.4, 0.5) is 5.69 Å². The fraction of sp³-hybridized carbons (Fsp3) is 0.167. The number of nitrogens with zero attached hydrogens (tertiary/aromatic N) is 1. The zero-order chi connectivity index (χ0) is 13.0. The molecule has 0 bridgehead atoms. The number of rotatable bonds is 5. The van der Waals surface area contributed by atoms with Crippen LogP contribution in [0.1, 0.15) is 11.3 Å². The summed E-state index contributed by atoms with van der Waals surface area (Å²) in [6, 6.07) is 8.95. The Balaban J connectivity index is 1.97. The van der Waals surface area contributed by atoms with Crippen LogP contribution in [0.15, 0.2) is 45.5 Å². The van der Waals surface area contributed by atoms with Gasteiger partial charge in [0, 0.05) is 11.8 Å². The SMILES string of the molecule is O=[N+]([O-])c1cc(CSCc2ccco2)ccc1Br. The molecule has 1 aromatic heterocycles. The number of furan rings is 1. The Hall–Kier alpha value is -1.27. The zero-order valence-corrected chi connectivity index (χ0v) is 11.7. The van der Waals surface area contributed by atoms with Gasteiger partial charge in [0.05, 0.1) is 21.4 Å². The molecule has 18 heavy (non-hydrogen) atoms. The molecule has 0 saturated carbocycles. The second-order valence-electron chi connectivity index (χ2n) is 3.62. The third-order valence-corrected chi connectivity index (χ3v) is 4.00. The summed E-state index contributed by atoms with van der Waals surface area (Å²) in [5.74, 6) is 2.39. The molecule has 0 fully saturated rings. The maximum Gasteiger partial charge on any atom is 0.283 e. The van der Waals surface area contributed by atoms with Crippen LogP contribution in [-0.4, -0.2) is 4.92 Å². The average molecular weight is 328 g/mol. The van der Waals surface area contributed by atoms with Crippen molar-refractivity contribution in [2.45, 2.75) is 11.5 Å². The highest BCUT2D eigenvalue weighted by molar-refractivity contribution is 9.10. The molecule has 2 aromatic rings. The van der Waals surface area contributed by atoms with Crippen molar-refractivity contribution in [1.29, 1.82) is 0 Å². The highest BCUT2D eigenvalue weighted by Gasteiger charge is 2.12. The molecule has 0 atom stereocenters. The van der Waals surface area contributed by atoms with Crippen LogP contribution in [0.3, 0.4) is 0 Å². The Bertz CT molecular complexity index is 542. The summed E-state index contributed by atoms with van der Waals surface area (Å²) in [5.41, 5.74) is 1.03.